The minimum Gasteiger partial charge on any atom is -0.504 e. The molecule has 0 saturated heterocycles. The number of nitro groups is 1. The minimum absolute atomic E-state index is 0.140. The highest BCUT2D eigenvalue weighted by molar-refractivity contribution is 5.67. The normalized spacial score (nSPS) is 10.5. The van der Waals surface area contributed by atoms with Gasteiger partial charge in [0.25, 0.3) is 5.69 Å². The number of amides is 1. The Hall–Kier alpha value is -2.82. The number of rotatable bonds is 6. The van der Waals surface area contributed by atoms with Crippen LogP contribution in [0.1, 0.15) is 27.2 Å². The highest BCUT2D eigenvalue weighted by atomic mass is 16.6. The Morgan fingerprint density at radius 2 is 2.13 bits per heavy atom. The second-order valence-corrected chi connectivity index (χ2v) is 5.65. The Morgan fingerprint density at radius 3 is 2.70 bits per heavy atom. The maximum Gasteiger partial charge on any atom is 0.407 e. The molecule has 1 amide bonds. The number of hydrogen-bond acceptors (Lipinski definition) is 5. The van der Waals surface area contributed by atoms with Gasteiger partial charge >= 0.3 is 6.09 Å². The predicted molar refractivity (Wildman–Crippen MR) is 83.7 cm³/mol. The van der Waals surface area contributed by atoms with Crippen LogP contribution in [0.2, 0.25) is 0 Å². The zero-order valence-electron chi connectivity index (χ0n) is 13.3. The first kappa shape index (κ1) is 18.2. The van der Waals surface area contributed by atoms with Gasteiger partial charge in [-0.15, -0.1) is 0 Å². The molecule has 124 valence electrons. The van der Waals surface area contributed by atoms with E-state index in [1.165, 1.54) is 18.2 Å². The molecule has 0 fully saturated rings. The fourth-order valence-electron chi connectivity index (χ4n) is 1.58. The van der Waals surface area contributed by atoms with Crippen LogP contribution in [-0.4, -0.2) is 29.8 Å². The smallest absolute Gasteiger partial charge is 0.407 e. The number of alkyl carbamates (subject to hydrolysis) is 1. The molecular formula is C15H19N3O5. The number of nitrogens with one attached hydrogen (secondary N) is 1. The first-order valence-electron chi connectivity index (χ1n) is 6.98. The Labute approximate surface area is 134 Å². The van der Waals surface area contributed by atoms with E-state index in [4.69, 9.17) is 16.0 Å². The molecule has 0 aliphatic rings. The van der Waals surface area contributed by atoms with Gasteiger partial charge in [0, 0.05) is 18.7 Å². The molecule has 8 nitrogen and oxygen atoms in total. The van der Waals surface area contributed by atoms with Crippen LogP contribution in [0.4, 0.5) is 16.2 Å². The third-order valence-electron chi connectivity index (χ3n) is 2.52. The Kier molecular flexibility index (Phi) is 6.33. The number of nitro benzene ring substituents is 1. The molecule has 1 rings (SSSR count). The first-order valence-corrected chi connectivity index (χ1v) is 6.98. The van der Waals surface area contributed by atoms with Crippen molar-refractivity contribution >= 4 is 17.5 Å². The van der Waals surface area contributed by atoms with E-state index in [9.17, 15) is 14.9 Å². The number of benzene rings is 1. The van der Waals surface area contributed by atoms with Gasteiger partial charge in [-0.1, -0.05) is 0 Å². The van der Waals surface area contributed by atoms with Gasteiger partial charge in [-0.2, -0.15) is 0 Å². The number of ether oxygens (including phenoxy) is 2. The molecule has 0 saturated carbocycles. The van der Waals surface area contributed by atoms with E-state index < -0.39 is 16.6 Å². The van der Waals surface area contributed by atoms with Gasteiger partial charge in [0.2, 0.25) is 5.69 Å². The first-order chi connectivity index (χ1) is 10.7. The monoisotopic (exact) mass is 321 g/mol. The minimum atomic E-state index is -0.561. The molecule has 0 aliphatic heterocycles. The van der Waals surface area contributed by atoms with Gasteiger partial charge in [-0.25, -0.2) is 9.64 Å². The third kappa shape index (κ3) is 6.65. The highest BCUT2D eigenvalue weighted by Crippen LogP contribution is 2.31. The Morgan fingerprint density at radius 1 is 1.43 bits per heavy atom. The van der Waals surface area contributed by atoms with Crippen LogP contribution in [0.25, 0.3) is 4.85 Å². The van der Waals surface area contributed by atoms with E-state index in [0.717, 1.165) is 0 Å². The summed E-state index contributed by atoms with van der Waals surface area (Å²) in [6.07, 6.45) is -0.0472. The van der Waals surface area contributed by atoms with Crippen molar-refractivity contribution in [1.29, 1.82) is 0 Å². The topological polar surface area (TPSA) is 95.1 Å². The van der Waals surface area contributed by atoms with Crippen molar-refractivity contribution in [2.45, 2.75) is 32.8 Å². The van der Waals surface area contributed by atoms with Gasteiger partial charge in [0.05, 0.1) is 18.1 Å². The third-order valence-corrected chi connectivity index (χ3v) is 2.52. The van der Waals surface area contributed by atoms with Gasteiger partial charge in [-0.05, 0) is 33.3 Å². The van der Waals surface area contributed by atoms with Crippen LogP contribution in [0, 0.1) is 16.7 Å². The molecule has 0 atom stereocenters. The summed E-state index contributed by atoms with van der Waals surface area (Å²) in [5.41, 5.74) is -0.497. The predicted octanol–water partition coefficient (Wildman–Crippen LogP) is 3.44. The molecule has 0 spiro atoms. The summed E-state index contributed by atoms with van der Waals surface area (Å²) in [7, 11) is 0. The molecule has 0 aromatic heterocycles. The van der Waals surface area contributed by atoms with Gasteiger partial charge < -0.3 is 14.8 Å². The van der Waals surface area contributed by atoms with Crippen LogP contribution in [0.15, 0.2) is 18.2 Å². The maximum atomic E-state index is 11.4. The zero-order chi connectivity index (χ0) is 17.5. The lowest BCUT2D eigenvalue weighted by Gasteiger charge is -2.19. The number of hydrogen-bond donors (Lipinski definition) is 1. The van der Waals surface area contributed by atoms with E-state index >= 15 is 0 Å². The molecule has 0 bridgehead atoms. The highest BCUT2D eigenvalue weighted by Gasteiger charge is 2.15. The quantitative estimate of drug-likeness (QED) is 0.375. The lowest BCUT2D eigenvalue weighted by molar-refractivity contribution is -0.384. The number of carbonyl (C=O) groups is 1. The molecule has 1 aromatic carbocycles. The fraction of sp³-hybridized carbons (Fsp3) is 0.467. The number of non-ortho nitro benzene ring substituents is 1. The van der Waals surface area contributed by atoms with Gasteiger partial charge in [0.15, 0.2) is 0 Å². The molecular weight excluding hydrogens is 302 g/mol. The molecule has 0 unspecified atom stereocenters. The summed E-state index contributed by atoms with van der Waals surface area (Å²) in [6.45, 7) is 12.9. The standard InChI is InChI=1S/C15H19N3O5/c1-15(2,3)23-14(19)17-8-5-9-22-13-10-11(18(20)21)6-7-12(13)16-4/h6-7,10H,5,8-9H2,1-3H3,(H,17,19). The number of nitrogens with zero attached hydrogens (tertiary/aromatic N) is 2. The largest absolute Gasteiger partial charge is 0.504 e. The fourth-order valence-corrected chi connectivity index (χ4v) is 1.58. The molecule has 0 heterocycles. The zero-order valence-corrected chi connectivity index (χ0v) is 13.3. The maximum absolute atomic E-state index is 11.4. The summed E-state index contributed by atoms with van der Waals surface area (Å²) >= 11 is 0. The van der Waals surface area contributed by atoms with Crippen molar-refractivity contribution in [3.8, 4) is 5.75 Å². The lowest BCUT2D eigenvalue weighted by Crippen LogP contribution is -2.33. The van der Waals surface area contributed by atoms with Crippen molar-refractivity contribution in [1.82, 2.24) is 5.32 Å². The van der Waals surface area contributed by atoms with Crippen LogP contribution in [-0.2, 0) is 4.74 Å². The average molecular weight is 321 g/mol. The number of carbonyl (C=O) groups excluding carboxylic acids is 1. The van der Waals surface area contributed by atoms with E-state index in [0.29, 0.717) is 13.0 Å². The second kappa shape index (κ2) is 7.98. The molecule has 8 heteroatoms. The molecule has 0 aliphatic carbocycles. The Balaban J connectivity index is 2.44. The van der Waals surface area contributed by atoms with Crippen LogP contribution < -0.4 is 10.1 Å². The average Bonchev–Trinajstić information content (AvgIpc) is 2.44. The molecule has 1 aromatic rings. The van der Waals surface area contributed by atoms with Crippen LogP contribution in [0.3, 0.4) is 0 Å². The SMILES string of the molecule is [C-]#[N+]c1ccc([N+](=O)[O-])cc1OCCCNC(=O)OC(C)(C)C. The summed E-state index contributed by atoms with van der Waals surface area (Å²) < 4.78 is 10.5. The van der Waals surface area contributed by atoms with Crippen molar-refractivity contribution in [2.24, 2.45) is 0 Å². The van der Waals surface area contributed by atoms with Crippen molar-refractivity contribution in [2.75, 3.05) is 13.2 Å². The van der Waals surface area contributed by atoms with Crippen molar-refractivity contribution < 1.29 is 19.2 Å². The summed E-state index contributed by atoms with van der Waals surface area (Å²) in [4.78, 5) is 24.9. The molecule has 0 radical (unpaired) electrons. The lowest BCUT2D eigenvalue weighted by atomic mass is 10.2. The summed E-state index contributed by atoms with van der Waals surface area (Å²) in [6, 6.07) is 3.82. The summed E-state index contributed by atoms with van der Waals surface area (Å²) in [5.74, 6) is 0.159. The van der Waals surface area contributed by atoms with E-state index in [2.05, 4.69) is 10.2 Å². The molecule has 1 N–H and O–H groups in total. The summed E-state index contributed by atoms with van der Waals surface area (Å²) in [5, 5.41) is 13.3. The Bertz CT molecular complexity index is 617. The van der Waals surface area contributed by atoms with E-state index in [-0.39, 0.29) is 23.7 Å². The van der Waals surface area contributed by atoms with Gasteiger partial charge in [0.1, 0.15) is 11.4 Å². The van der Waals surface area contributed by atoms with E-state index in [1.54, 1.807) is 20.8 Å². The van der Waals surface area contributed by atoms with Crippen LogP contribution >= 0.6 is 0 Å². The van der Waals surface area contributed by atoms with Crippen molar-refractivity contribution in [3.63, 3.8) is 0 Å². The van der Waals surface area contributed by atoms with Crippen molar-refractivity contribution in [3.05, 3.63) is 39.7 Å². The van der Waals surface area contributed by atoms with Crippen LogP contribution in [0.5, 0.6) is 5.75 Å². The van der Waals surface area contributed by atoms with Gasteiger partial charge in [-0.3, -0.25) is 10.1 Å². The second-order valence-electron chi connectivity index (χ2n) is 5.65. The molecule has 23 heavy (non-hydrogen) atoms. The van der Waals surface area contributed by atoms with E-state index in [1.807, 2.05) is 0 Å².